The molecule has 2 atom stereocenters. The van der Waals surface area contributed by atoms with Crippen LogP contribution in [0.25, 0.3) is 0 Å². The van der Waals surface area contributed by atoms with Crippen LogP contribution in [0.1, 0.15) is 17.5 Å². The number of nitrogens with zero attached hydrogens (tertiary/aromatic N) is 1. The number of carboxylic acid groups (broad SMARTS) is 1. The van der Waals surface area contributed by atoms with E-state index < -0.39 is 41.0 Å². The van der Waals surface area contributed by atoms with Gasteiger partial charge in [-0.2, -0.15) is 18.4 Å². The van der Waals surface area contributed by atoms with Crippen molar-refractivity contribution in [1.82, 2.24) is 0 Å². The van der Waals surface area contributed by atoms with Gasteiger partial charge in [-0.3, -0.25) is 9.59 Å². The van der Waals surface area contributed by atoms with E-state index in [1.807, 2.05) is 0 Å². The number of nitrogens with one attached hydrogen (secondary N) is 1. The van der Waals surface area contributed by atoms with Crippen LogP contribution >= 0.6 is 0 Å². The minimum absolute atomic E-state index is 0.123. The van der Waals surface area contributed by atoms with E-state index in [-0.39, 0.29) is 12.1 Å². The Labute approximate surface area is 117 Å². The van der Waals surface area contributed by atoms with Crippen molar-refractivity contribution in [1.29, 1.82) is 5.26 Å². The number of rotatable bonds is 3. The second-order valence-corrected chi connectivity index (χ2v) is 4.65. The first kappa shape index (κ1) is 14.8. The lowest BCUT2D eigenvalue weighted by Crippen LogP contribution is -2.17. The summed E-state index contributed by atoms with van der Waals surface area (Å²) in [4.78, 5) is 22.3. The highest BCUT2D eigenvalue weighted by atomic mass is 19.4. The van der Waals surface area contributed by atoms with Gasteiger partial charge in [-0.25, -0.2) is 0 Å². The Balaban J connectivity index is 2.17. The van der Waals surface area contributed by atoms with E-state index in [4.69, 9.17) is 10.4 Å². The topological polar surface area (TPSA) is 90.2 Å². The number of aliphatic carboxylic acids is 1. The minimum Gasteiger partial charge on any atom is -0.481 e. The van der Waals surface area contributed by atoms with Crippen molar-refractivity contribution >= 4 is 17.6 Å². The quantitative estimate of drug-likeness (QED) is 0.895. The zero-order valence-corrected chi connectivity index (χ0v) is 10.4. The molecule has 1 aromatic rings. The van der Waals surface area contributed by atoms with Crippen molar-refractivity contribution in [2.75, 3.05) is 5.32 Å². The summed E-state index contributed by atoms with van der Waals surface area (Å²) in [5, 5.41) is 19.6. The molecule has 21 heavy (non-hydrogen) atoms. The number of halogens is 3. The lowest BCUT2D eigenvalue weighted by atomic mass is 10.1. The van der Waals surface area contributed by atoms with Gasteiger partial charge in [-0.05, 0) is 24.6 Å². The van der Waals surface area contributed by atoms with Gasteiger partial charge in [0.05, 0.1) is 29.0 Å². The number of amides is 1. The number of anilines is 1. The van der Waals surface area contributed by atoms with Crippen molar-refractivity contribution in [3.8, 4) is 6.07 Å². The first-order valence-electron chi connectivity index (χ1n) is 5.89. The van der Waals surface area contributed by atoms with E-state index >= 15 is 0 Å². The summed E-state index contributed by atoms with van der Waals surface area (Å²) in [6.45, 7) is 0. The molecule has 1 aliphatic carbocycles. The number of hydrogen-bond donors (Lipinski definition) is 2. The van der Waals surface area contributed by atoms with Crippen molar-refractivity contribution in [3.05, 3.63) is 29.3 Å². The third kappa shape index (κ3) is 3.13. The zero-order chi connectivity index (χ0) is 15.8. The van der Waals surface area contributed by atoms with Crippen LogP contribution in [0.15, 0.2) is 18.2 Å². The molecule has 0 spiro atoms. The maximum absolute atomic E-state index is 12.8. The van der Waals surface area contributed by atoms with Crippen LogP contribution in [0.5, 0.6) is 0 Å². The van der Waals surface area contributed by atoms with Gasteiger partial charge in [0.1, 0.15) is 0 Å². The molecular formula is C13H9F3N2O3. The summed E-state index contributed by atoms with van der Waals surface area (Å²) in [5.74, 6) is -3.26. The third-order valence-corrected chi connectivity index (χ3v) is 3.16. The van der Waals surface area contributed by atoms with E-state index in [1.54, 1.807) is 0 Å². The van der Waals surface area contributed by atoms with E-state index in [2.05, 4.69) is 5.32 Å². The van der Waals surface area contributed by atoms with Gasteiger partial charge in [-0.15, -0.1) is 0 Å². The predicted molar refractivity (Wildman–Crippen MR) is 64.0 cm³/mol. The van der Waals surface area contributed by atoms with Gasteiger partial charge in [0.2, 0.25) is 5.91 Å². The summed E-state index contributed by atoms with van der Waals surface area (Å²) >= 11 is 0. The minimum atomic E-state index is -4.71. The monoisotopic (exact) mass is 298 g/mol. The number of carboxylic acids is 1. The van der Waals surface area contributed by atoms with E-state index in [1.165, 1.54) is 12.1 Å². The number of hydrogen-bond acceptors (Lipinski definition) is 3. The van der Waals surface area contributed by atoms with Crippen molar-refractivity contribution in [2.45, 2.75) is 12.6 Å². The molecule has 2 N–H and O–H groups in total. The molecule has 1 amide bonds. The van der Waals surface area contributed by atoms with Crippen molar-refractivity contribution < 1.29 is 27.9 Å². The third-order valence-electron chi connectivity index (χ3n) is 3.16. The molecule has 2 rings (SSSR count). The molecule has 110 valence electrons. The first-order valence-corrected chi connectivity index (χ1v) is 5.89. The maximum atomic E-state index is 12.8. The number of benzene rings is 1. The highest BCUT2D eigenvalue weighted by molar-refractivity contribution is 5.98. The van der Waals surface area contributed by atoms with E-state index in [9.17, 15) is 22.8 Å². The van der Waals surface area contributed by atoms with Crippen molar-refractivity contribution in [2.24, 2.45) is 11.8 Å². The molecule has 0 saturated heterocycles. The Hall–Kier alpha value is -2.56. The second kappa shape index (κ2) is 5.09. The number of carbonyl (C=O) groups excluding carboxylic acids is 1. The molecule has 0 bridgehead atoms. The van der Waals surface area contributed by atoms with Crippen LogP contribution in [0.4, 0.5) is 18.9 Å². The van der Waals surface area contributed by atoms with Gasteiger partial charge in [-0.1, -0.05) is 0 Å². The van der Waals surface area contributed by atoms with Crippen molar-refractivity contribution in [3.63, 3.8) is 0 Å². The maximum Gasteiger partial charge on any atom is 0.417 e. The fourth-order valence-corrected chi connectivity index (χ4v) is 1.95. The Morgan fingerprint density at radius 3 is 2.48 bits per heavy atom. The largest absolute Gasteiger partial charge is 0.481 e. The summed E-state index contributed by atoms with van der Waals surface area (Å²) < 4.78 is 38.3. The fraction of sp³-hybridized carbons (Fsp3) is 0.308. The zero-order valence-electron chi connectivity index (χ0n) is 10.4. The molecule has 2 unspecified atom stereocenters. The van der Waals surface area contributed by atoms with Gasteiger partial charge >= 0.3 is 12.1 Å². The fourth-order valence-electron chi connectivity index (χ4n) is 1.95. The highest BCUT2D eigenvalue weighted by Gasteiger charge is 2.48. The molecule has 0 aromatic heterocycles. The number of alkyl halides is 3. The Morgan fingerprint density at radius 1 is 1.33 bits per heavy atom. The summed E-state index contributed by atoms with van der Waals surface area (Å²) in [7, 11) is 0. The predicted octanol–water partition coefficient (Wildman–Crippen LogP) is 2.24. The molecule has 8 heteroatoms. The molecule has 1 aromatic carbocycles. The highest BCUT2D eigenvalue weighted by Crippen LogP contribution is 2.40. The standard InChI is InChI=1S/C13H9F3N2O3/c14-13(15,16)10-3-7(2-1-6(10)5-17)18-11(19)8-4-9(8)12(20)21/h1-3,8-9H,4H2,(H,18,19)(H,20,21). The average Bonchev–Trinajstić information content (AvgIpc) is 3.18. The summed E-state index contributed by atoms with van der Waals surface area (Å²) in [6.07, 6.45) is -4.54. The van der Waals surface area contributed by atoms with Crippen LogP contribution in [0.3, 0.4) is 0 Å². The summed E-state index contributed by atoms with van der Waals surface area (Å²) in [5.41, 5.74) is -1.81. The van der Waals surface area contributed by atoms with Gasteiger partial charge in [0, 0.05) is 5.69 Å². The molecule has 0 aliphatic heterocycles. The normalized spacial score (nSPS) is 20.5. The van der Waals surface area contributed by atoms with Crippen LogP contribution in [-0.4, -0.2) is 17.0 Å². The number of nitriles is 1. The van der Waals surface area contributed by atoms with E-state index in [0.29, 0.717) is 6.07 Å². The van der Waals surface area contributed by atoms with Gasteiger partial charge in [0.25, 0.3) is 0 Å². The molecule has 1 aliphatic rings. The molecular weight excluding hydrogens is 289 g/mol. The van der Waals surface area contributed by atoms with Gasteiger partial charge in [0.15, 0.2) is 0 Å². The molecule has 5 nitrogen and oxygen atoms in total. The molecule has 0 radical (unpaired) electrons. The molecule has 0 heterocycles. The summed E-state index contributed by atoms with van der Waals surface area (Å²) in [6, 6.07) is 4.22. The lowest BCUT2D eigenvalue weighted by Gasteiger charge is -2.11. The average molecular weight is 298 g/mol. The Kier molecular flexibility index (Phi) is 3.60. The van der Waals surface area contributed by atoms with Crippen LogP contribution in [0, 0.1) is 23.2 Å². The van der Waals surface area contributed by atoms with E-state index in [0.717, 1.165) is 6.07 Å². The second-order valence-electron chi connectivity index (χ2n) is 4.65. The Bertz CT molecular complexity index is 649. The van der Waals surface area contributed by atoms with Crippen LogP contribution < -0.4 is 5.32 Å². The van der Waals surface area contributed by atoms with Crippen LogP contribution in [0.2, 0.25) is 0 Å². The Morgan fingerprint density at radius 2 is 2.00 bits per heavy atom. The first-order chi connectivity index (χ1) is 9.74. The molecule has 1 fully saturated rings. The number of carbonyl (C=O) groups is 2. The van der Waals surface area contributed by atoms with Gasteiger partial charge < -0.3 is 10.4 Å². The smallest absolute Gasteiger partial charge is 0.417 e. The molecule has 1 saturated carbocycles. The van der Waals surface area contributed by atoms with Crippen LogP contribution in [-0.2, 0) is 15.8 Å². The lowest BCUT2D eigenvalue weighted by molar-refractivity contribution is -0.139. The SMILES string of the molecule is N#Cc1ccc(NC(=O)C2CC2C(=O)O)cc1C(F)(F)F.